The highest BCUT2D eigenvalue weighted by Gasteiger charge is 2.13. The van der Waals surface area contributed by atoms with Crippen LogP contribution in [0.2, 0.25) is 0 Å². The molecule has 3 rings (SSSR count). The number of anilines is 2. The van der Waals surface area contributed by atoms with Crippen LogP contribution < -0.4 is 10.6 Å². The van der Waals surface area contributed by atoms with E-state index in [0.717, 1.165) is 39.6 Å². The van der Waals surface area contributed by atoms with Crippen molar-refractivity contribution >= 4 is 34.5 Å². The average molecular weight is 437 g/mol. The Bertz CT molecular complexity index is 1030. The normalized spacial score (nSPS) is 10.8. The smallest absolute Gasteiger partial charge is 0.238 e. The van der Waals surface area contributed by atoms with Gasteiger partial charge in [-0.2, -0.15) is 0 Å². The maximum Gasteiger partial charge on any atom is 0.238 e. The highest BCUT2D eigenvalue weighted by atomic mass is 32.1. The highest BCUT2D eigenvalue weighted by molar-refractivity contribution is 7.09. The first kappa shape index (κ1) is 22.7. The van der Waals surface area contributed by atoms with Crippen molar-refractivity contribution in [1.29, 1.82) is 0 Å². The summed E-state index contributed by atoms with van der Waals surface area (Å²) in [6.45, 7) is 4.88. The molecule has 31 heavy (non-hydrogen) atoms. The third-order valence-corrected chi connectivity index (χ3v) is 5.66. The van der Waals surface area contributed by atoms with E-state index >= 15 is 0 Å². The first-order valence-corrected chi connectivity index (χ1v) is 11.2. The summed E-state index contributed by atoms with van der Waals surface area (Å²) in [5, 5.41) is 8.57. The molecule has 0 aliphatic heterocycles. The SMILES string of the molecule is CCc1ccccc1NC(=O)CN(C)Cc1csc(CC(=O)Nc2ccc(C)cc2)n1. The van der Waals surface area contributed by atoms with Crippen molar-refractivity contribution in [3.05, 3.63) is 75.7 Å². The molecule has 0 unspecified atom stereocenters. The first-order chi connectivity index (χ1) is 14.9. The van der Waals surface area contributed by atoms with Crippen molar-refractivity contribution < 1.29 is 9.59 Å². The summed E-state index contributed by atoms with van der Waals surface area (Å²) in [5.41, 5.74) is 4.76. The van der Waals surface area contributed by atoms with Crippen LogP contribution in [-0.4, -0.2) is 35.3 Å². The van der Waals surface area contributed by atoms with Crippen molar-refractivity contribution in [3.63, 3.8) is 0 Å². The van der Waals surface area contributed by atoms with Crippen LogP contribution in [0.25, 0.3) is 0 Å². The monoisotopic (exact) mass is 436 g/mol. The molecule has 3 aromatic rings. The van der Waals surface area contributed by atoms with Gasteiger partial charge >= 0.3 is 0 Å². The van der Waals surface area contributed by atoms with Crippen LogP contribution in [0, 0.1) is 6.92 Å². The van der Waals surface area contributed by atoms with Crippen LogP contribution in [0.1, 0.15) is 28.8 Å². The van der Waals surface area contributed by atoms with Gasteiger partial charge in [0.25, 0.3) is 0 Å². The van der Waals surface area contributed by atoms with Crippen molar-refractivity contribution in [2.24, 2.45) is 0 Å². The molecule has 0 radical (unpaired) electrons. The third-order valence-electron chi connectivity index (χ3n) is 4.76. The van der Waals surface area contributed by atoms with Gasteiger partial charge in [0, 0.05) is 23.3 Å². The number of rotatable bonds is 9. The summed E-state index contributed by atoms with van der Waals surface area (Å²) in [6.07, 6.45) is 1.10. The summed E-state index contributed by atoms with van der Waals surface area (Å²) in [6, 6.07) is 15.5. The molecule has 0 aliphatic rings. The molecule has 0 fully saturated rings. The molecule has 0 atom stereocenters. The van der Waals surface area contributed by atoms with E-state index in [1.165, 1.54) is 11.3 Å². The van der Waals surface area contributed by atoms with E-state index in [1.54, 1.807) is 0 Å². The van der Waals surface area contributed by atoms with Crippen molar-refractivity contribution in [2.75, 3.05) is 24.2 Å². The number of para-hydroxylation sites is 1. The predicted molar refractivity (Wildman–Crippen MR) is 126 cm³/mol. The van der Waals surface area contributed by atoms with Gasteiger partial charge in [-0.25, -0.2) is 4.98 Å². The number of likely N-dealkylation sites (N-methyl/N-ethyl adjacent to an activating group) is 1. The van der Waals surface area contributed by atoms with Crippen LogP contribution in [0.15, 0.2) is 53.9 Å². The lowest BCUT2D eigenvalue weighted by molar-refractivity contribution is -0.117. The maximum absolute atomic E-state index is 12.4. The number of hydrogen-bond acceptors (Lipinski definition) is 5. The molecule has 0 spiro atoms. The van der Waals surface area contributed by atoms with E-state index in [1.807, 2.05) is 72.8 Å². The molecule has 2 aromatic carbocycles. The molecule has 1 aromatic heterocycles. The van der Waals surface area contributed by atoms with E-state index in [-0.39, 0.29) is 24.8 Å². The fraction of sp³-hybridized carbons (Fsp3) is 0.292. The number of nitrogens with zero attached hydrogens (tertiary/aromatic N) is 2. The van der Waals surface area contributed by atoms with Gasteiger partial charge in [0.15, 0.2) is 0 Å². The lowest BCUT2D eigenvalue weighted by Gasteiger charge is -2.16. The van der Waals surface area contributed by atoms with E-state index in [4.69, 9.17) is 0 Å². The second-order valence-corrected chi connectivity index (χ2v) is 8.50. The Kier molecular flexibility index (Phi) is 7.92. The Morgan fingerprint density at radius 1 is 1.03 bits per heavy atom. The number of aryl methyl sites for hydroxylation is 2. The molecule has 0 saturated heterocycles. The summed E-state index contributed by atoms with van der Waals surface area (Å²) in [5.74, 6) is -0.150. The van der Waals surface area contributed by atoms with Crippen LogP contribution in [0.5, 0.6) is 0 Å². The molecule has 6 nitrogen and oxygen atoms in total. The van der Waals surface area contributed by atoms with Crippen LogP contribution in [0.4, 0.5) is 11.4 Å². The standard InChI is InChI=1S/C24H28N4O2S/c1-4-18-7-5-6-8-21(18)27-23(30)15-28(3)14-20-16-31-24(26-20)13-22(29)25-19-11-9-17(2)10-12-19/h5-12,16H,4,13-15H2,1-3H3,(H,25,29)(H,27,30). The summed E-state index contributed by atoms with van der Waals surface area (Å²) >= 11 is 1.46. The largest absolute Gasteiger partial charge is 0.326 e. The molecule has 0 saturated carbocycles. The van der Waals surface area contributed by atoms with Crippen molar-refractivity contribution in [3.8, 4) is 0 Å². The van der Waals surface area contributed by atoms with E-state index in [9.17, 15) is 9.59 Å². The van der Waals surface area contributed by atoms with Crippen LogP contribution in [0.3, 0.4) is 0 Å². The fourth-order valence-electron chi connectivity index (χ4n) is 3.20. The predicted octanol–water partition coefficient (Wildman–Crippen LogP) is 4.27. The summed E-state index contributed by atoms with van der Waals surface area (Å²) in [7, 11) is 1.88. The van der Waals surface area contributed by atoms with Crippen molar-refractivity contribution in [2.45, 2.75) is 33.2 Å². The molecule has 2 N–H and O–H groups in total. The number of carbonyl (C=O) groups is 2. The maximum atomic E-state index is 12.4. The second-order valence-electron chi connectivity index (χ2n) is 7.55. The minimum Gasteiger partial charge on any atom is -0.326 e. The highest BCUT2D eigenvalue weighted by Crippen LogP contribution is 2.16. The Balaban J connectivity index is 1.47. The number of carbonyl (C=O) groups excluding carboxylic acids is 2. The van der Waals surface area contributed by atoms with Gasteiger partial charge in [0.05, 0.1) is 18.7 Å². The summed E-state index contributed by atoms with van der Waals surface area (Å²) in [4.78, 5) is 31.1. The number of benzene rings is 2. The van der Waals surface area contributed by atoms with Gasteiger partial charge in [0.2, 0.25) is 11.8 Å². The fourth-order valence-corrected chi connectivity index (χ4v) is 3.98. The van der Waals surface area contributed by atoms with Crippen LogP contribution in [-0.2, 0) is 29.0 Å². The van der Waals surface area contributed by atoms with Crippen LogP contribution >= 0.6 is 11.3 Å². The minimum atomic E-state index is -0.0907. The average Bonchev–Trinajstić information content (AvgIpc) is 3.16. The van der Waals surface area contributed by atoms with Gasteiger partial charge in [-0.1, -0.05) is 42.8 Å². The van der Waals surface area contributed by atoms with Crippen molar-refractivity contribution in [1.82, 2.24) is 9.88 Å². The molecule has 162 valence electrons. The molecule has 2 amide bonds. The quantitative estimate of drug-likeness (QED) is 0.525. The Labute approximate surface area is 187 Å². The van der Waals surface area contributed by atoms with Gasteiger partial charge in [-0.3, -0.25) is 14.5 Å². The molecule has 0 bridgehead atoms. The lowest BCUT2D eigenvalue weighted by atomic mass is 10.1. The molecule has 0 aliphatic carbocycles. The summed E-state index contributed by atoms with van der Waals surface area (Å²) < 4.78 is 0. The van der Waals surface area contributed by atoms with Gasteiger partial charge in [0.1, 0.15) is 5.01 Å². The third kappa shape index (κ3) is 7.01. The first-order valence-electron chi connectivity index (χ1n) is 10.3. The molecular weight excluding hydrogens is 408 g/mol. The second kappa shape index (κ2) is 10.8. The number of aromatic nitrogens is 1. The zero-order valence-corrected chi connectivity index (χ0v) is 19.0. The van der Waals surface area contributed by atoms with E-state index in [2.05, 4.69) is 22.5 Å². The molecule has 7 heteroatoms. The minimum absolute atomic E-state index is 0.0590. The van der Waals surface area contributed by atoms with Gasteiger partial charge < -0.3 is 10.6 Å². The Hall–Kier alpha value is -3.03. The van der Waals surface area contributed by atoms with Gasteiger partial charge in [-0.05, 0) is 44.2 Å². The van der Waals surface area contributed by atoms with E-state index in [0.29, 0.717) is 6.54 Å². The number of hydrogen-bond donors (Lipinski definition) is 2. The Morgan fingerprint density at radius 3 is 2.52 bits per heavy atom. The lowest BCUT2D eigenvalue weighted by Crippen LogP contribution is -2.30. The van der Waals surface area contributed by atoms with Gasteiger partial charge in [-0.15, -0.1) is 11.3 Å². The molecular formula is C24H28N4O2S. The zero-order chi connectivity index (χ0) is 22.2. The van der Waals surface area contributed by atoms with E-state index < -0.39 is 0 Å². The number of amides is 2. The molecule has 1 heterocycles. The zero-order valence-electron chi connectivity index (χ0n) is 18.1. The number of thiazole rings is 1. The Morgan fingerprint density at radius 2 is 1.77 bits per heavy atom. The topological polar surface area (TPSA) is 74.3 Å². The number of nitrogens with one attached hydrogen (secondary N) is 2.